The molecule has 0 bridgehead atoms. The van der Waals surface area contributed by atoms with Gasteiger partial charge in [0.2, 0.25) is 0 Å². The van der Waals surface area contributed by atoms with Crippen LogP contribution in [0.4, 0.5) is 5.69 Å². The number of hydrogen-bond acceptors (Lipinski definition) is 4. The average molecular weight is 533 g/mol. The summed E-state index contributed by atoms with van der Waals surface area (Å²) >= 11 is 7.76. The molecule has 2 heterocycles. The summed E-state index contributed by atoms with van der Waals surface area (Å²) < 4.78 is 27.8. The second kappa shape index (κ2) is 13.4. The van der Waals surface area contributed by atoms with E-state index in [4.69, 9.17) is 11.6 Å². The van der Waals surface area contributed by atoms with Gasteiger partial charge >= 0.3 is 0 Å². The molecular weight excluding hydrogens is 496 g/mol. The largest absolute Gasteiger partial charge is 0.305 e. The van der Waals surface area contributed by atoms with E-state index in [0.717, 1.165) is 35.5 Å². The van der Waals surface area contributed by atoms with Crippen molar-refractivity contribution in [1.82, 2.24) is 5.32 Å². The SMILES string of the molecule is CC.CN1c2ccsc2C(NCCCCCCCCc2ccccc2)c2ccc(Cl)cc2S1(=O)=O. The second-order valence-electron chi connectivity index (χ2n) is 8.57. The van der Waals surface area contributed by atoms with Gasteiger partial charge in [-0.2, -0.15) is 0 Å². The molecule has 2 aromatic carbocycles. The van der Waals surface area contributed by atoms with E-state index in [2.05, 4.69) is 35.6 Å². The number of sulfonamides is 1. The normalized spacial score (nSPS) is 16.0. The summed E-state index contributed by atoms with van der Waals surface area (Å²) in [6, 6.07) is 17.6. The Balaban J connectivity index is 0.00000167. The van der Waals surface area contributed by atoms with Gasteiger partial charge in [-0.3, -0.25) is 4.31 Å². The van der Waals surface area contributed by atoms with Gasteiger partial charge in [0.05, 0.1) is 21.5 Å². The molecule has 35 heavy (non-hydrogen) atoms. The van der Waals surface area contributed by atoms with E-state index in [1.165, 1.54) is 42.0 Å². The highest BCUT2D eigenvalue weighted by Gasteiger charge is 2.35. The smallest absolute Gasteiger partial charge is 0.264 e. The lowest BCUT2D eigenvalue weighted by molar-refractivity contribution is 0.539. The van der Waals surface area contributed by atoms with Crippen molar-refractivity contribution in [2.45, 2.75) is 69.7 Å². The molecule has 7 heteroatoms. The molecular formula is C28H37ClN2O2S2. The summed E-state index contributed by atoms with van der Waals surface area (Å²) in [6.07, 6.45) is 8.41. The zero-order chi connectivity index (χ0) is 25.3. The summed E-state index contributed by atoms with van der Waals surface area (Å²) in [5, 5.41) is 6.03. The van der Waals surface area contributed by atoms with Crippen LogP contribution in [-0.2, 0) is 16.4 Å². The fraction of sp³-hybridized carbons (Fsp3) is 0.429. The van der Waals surface area contributed by atoms with Gasteiger partial charge in [0.1, 0.15) is 0 Å². The van der Waals surface area contributed by atoms with Gasteiger partial charge in [0.25, 0.3) is 10.0 Å². The minimum atomic E-state index is -3.65. The number of fused-ring (bicyclic) bond motifs is 2. The molecule has 0 spiro atoms. The molecule has 4 nitrogen and oxygen atoms in total. The summed E-state index contributed by atoms with van der Waals surface area (Å²) in [4.78, 5) is 1.32. The number of hydrogen-bond donors (Lipinski definition) is 1. The predicted octanol–water partition coefficient (Wildman–Crippen LogP) is 7.83. The first-order chi connectivity index (χ1) is 17.0. The number of anilines is 1. The number of nitrogens with one attached hydrogen (secondary N) is 1. The van der Waals surface area contributed by atoms with Crippen molar-refractivity contribution in [3.8, 4) is 0 Å². The van der Waals surface area contributed by atoms with Crippen LogP contribution in [0.15, 0.2) is 64.9 Å². The molecule has 0 saturated carbocycles. The number of nitrogens with zero attached hydrogens (tertiary/aromatic N) is 1. The van der Waals surface area contributed by atoms with Crippen molar-refractivity contribution in [3.63, 3.8) is 0 Å². The van der Waals surface area contributed by atoms with Gasteiger partial charge in [0.15, 0.2) is 0 Å². The van der Waals surface area contributed by atoms with E-state index in [0.29, 0.717) is 5.02 Å². The highest BCUT2D eigenvalue weighted by molar-refractivity contribution is 7.92. The standard InChI is InChI=1S/C26H31ClN2O2S2.C2H6/c1-29-23-16-18-32-26(23)25(22-15-14-21(27)19-24(22)33(29,30)31)28-17-10-5-3-2-4-7-11-20-12-8-6-9-13-20;1-2/h6,8-9,12-16,18-19,25,28H,2-5,7,10-11,17H2,1H3;1-2H3. The first-order valence-corrected chi connectivity index (χ1v) is 15.3. The lowest BCUT2D eigenvalue weighted by Gasteiger charge is -2.19. The molecule has 1 aromatic heterocycles. The molecule has 190 valence electrons. The Morgan fingerprint density at radius 1 is 0.943 bits per heavy atom. The van der Waals surface area contributed by atoms with Crippen molar-refractivity contribution in [3.05, 3.63) is 81.0 Å². The molecule has 1 aliphatic rings. The van der Waals surface area contributed by atoms with Gasteiger partial charge in [0, 0.05) is 12.1 Å². The number of unbranched alkanes of at least 4 members (excludes halogenated alkanes) is 5. The third-order valence-electron chi connectivity index (χ3n) is 6.28. The minimum absolute atomic E-state index is 0.155. The van der Waals surface area contributed by atoms with Gasteiger partial charge in [-0.05, 0) is 60.5 Å². The van der Waals surface area contributed by atoms with Crippen LogP contribution >= 0.6 is 22.9 Å². The highest BCUT2D eigenvalue weighted by Crippen LogP contribution is 2.43. The molecule has 0 aliphatic carbocycles. The van der Waals surface area contributed by atoms with Crippen molar-refractivity contribution >= 4 is 38.6 Å². The Morgan fingerprint density at radius 2 is 1.63 bits per heavy atom. The summed E-state index contributed by atoms with van der Waals surface area (Å²) in [7, 11) is -2.03. The van der Waals surface area contributed by atoms with Crippen LogP contribution in [0.25, 0.3) is 0 Å². The third-order valence-corrected chi connectivity index (χ3v) is 9.32. The number of aryl methyl sites for hydroxylation is 1. The molecule has 1 N–H and O–H groups in total. The second-order valence-corrected chi connectivity index (χ2v) is 11.9. The van der Waals surface area contributed by atoms with E-state index >= 15 is 0 Å². The molecule has 3 aromatic rings. The lowest BCUT2D eigenvalue weighted by atomic mass is 10.0. The highest BCUT2D eigenvalue weighted by atomic mass is 35.5. The third kappa shape index (κ3) is 6.88. The first kappa shape index (κ1) is 27.7. The molecule has 0 saturated heterocycles. The Bertz CT molecular complexity index is 1160. The average Bonchev–Trinajstić information content (AvgIpc) is 3.34. The molecule has 0 amide bonds. The van der Waals surface area contributed by atoms with Gasteiger partial charge in [-0.1, -0.05) is 87.5 Å². The Labute approximate surface area is 220 Å². The Hall–Kier alpha value is -1.86. The maximum atomic E-state index is 13.2. The van der Waals surface area contributed by atoms with Crippen LogP contribution in [-0.4, -0.2) is 22.0 Å². The van der Waals surface area contributed by atoms with Crippen molar-refractivity contribution in [1.29, 1.82) is 0 Å². The van der Waals surface area contributed by atoms with Crippen molar-refractivity contribution in [2.75, 3.05) is 17.9 Å². The van der Waals surface area contributed by atoms with Crippen LogP contribution in [0.2, 0.25) is 5.02 Å². The monoisotopic (exact) mass is 532 g/mol. The maximum Gasteiger partial charge on any atom is 0.264 e. The van der Waals surface area contributed by atoms with E-state index < -0.39 is 10.0 Å². The number of thiophene rings is 1. The molecule has 1 atom stereocenters. The summed E-state index contributed by atoms with van der Waals surface area (Å²) in [6.45, 7) is 4.85. The van der Waals surface area contributed by atoms with E-state index in [9.17, 15) is 8.42 Å². The van der Waals surface area contributed by atoms with Gasteiger partial charge in [-0.15, -0.1) is 11.3 Å². The lowest BCUT2D eigenvalue weighted by Crippen LogP contribution is -2.26. The zero-order valence-corrected chi connectivity index (χ0v) is 23.4. The fourth-order valence-corrected chi connectivity index (χ4v) is 7.22. The minimum Gasteiger partial charge on any atom is -0.305 e. The quantitative estimate of drug-likeness (QED) is 0.271. The first-order valence-electron chi connectivity index (χ1n) is 12.6. The van der Waals surface area contributed by atoms with Crippen molar-refractivity contribution in [2.24, 2.45) is 0 Å². The predicted molar refractivity (Wildman–Crippen MR) is 150 cm³/mol. The molecule has 1 unspecified atom stereocenters. The van der Waals surface area contributed by atoms with Crippen LogP contribution in [0.3, 0.4) is 0 Å². The Kier molecular flexibility index (Phi) is 10.7. The van der Waals surface area contributed by atoms with E-state index in [1.54, 1.807) is 30.5 Å². The fourth-order valence-electron chi connectivity index (χ4n) is 4.43. The number of benzene rings is 2. The molecule has 0 fully saturated rings. The summed E-state index contributed by atoms with van der Waals surface area (Å²) in [5.74, 6) is 0. The molecule has 4 rings (SSSR count). The molecule has 1 aliphatic heterocycles. The number of halogens is 1. The molecule has 0 radical (unpaired) electrons. The summed E-state index contributed by atoms with van der Waals surface area (Å²) in [5.41, 5.74) is 2.93. The maximum absolute atomic E-state index is 13.2. The van der Waals surface area contributed by atoms with Crippen molar-refractivity contribution < 1.29 is 8.42 Å². The van der Waals surface area contributed by atoms with Gasteiger partial charge in [-0.25, -0.2) is 8.42 Å². The Morgan fingerprint density at radius 3 is 2.37 bits per heavy atom. The van der Waals surface area contributed by atoms with Crippen LogP contribution in [0, 0.1) is 0 Å². The zero-order valence-electron chi connectivity index (χ0n) is 21.0. The van der Waals surface area contributed by atoms with E-state index in [-0.39, 0.29) is 10.9 Å². The van der Waals surface area contributed by atoms with Crippen LogP contribution in [0.5, 0.6) is 0 Å². The van der Waals surface area contributed by atoms with Crippen LogP contribution in [0.1, 0.15) is 74.4 Å². The van der Waals surface area contributed by atoms with E-state index in [1.807, 2.05) is 31.4 Å². The van der Waals surface area contributed by atoms with Crippen LogP contribution < -0.4 is 9.62 Å². The number of rotatable bonds is 10. The van der Waals surface area contributed by atoms with Gasteiger partial charge < -0.3 is 5.32 Å². The topological polar surface area (TPSA) is 49.4 Å².